The minimum Gasteiger partial charge on any atom is -0.456 e. The molecule has 0 amide bonds. The first-order valence-corrected chi connectivity index (χ1v) is 15.4. The van der Waals surface area contributed by atoms with Crippen LogP contribution in [0.5, 0.6) is 0 Å². The maximum absolute atomic E-state index is 6.83. The van der Waals surface area contributed by atoms with Crippen LogP contribution in [0.25, 0.3) is 43.9 Å². The standard InChI is InChI=1S/C42H28N2O2/c1-4-14-29(15-5-1)43(30-16-6-2-7-17-30)36-22-13-25-40-41(36)34-21-12-23-37(42(34)46-40)44(31-18-8-3-9-19-31)32-26-27-39-35(28-32)33-20-10-11-24-38(33)45-39/h1-28H. The van der Waals surface area contributed by atoms with Gasteiger partial charge in [0.2, 0.25) is 0 Å². The van der Waals surface area contributed by atoms with Crippen molar-refractivity contribution in [3.8, 4) is 0 Å². The lowest BCUT2D eigenvalue weighted by atomic mass is 10.1. The zero-order valence-corrected chi connectivity index (χ0v) is 24.9. The van der Waals surface area contributed by atoms with Gasteiger partial charge < -0.3 is 18.6 Å². The maximum Gasteiger partial charge on any atom is 0.159 e. The first kappa shape index (κ1) is 26.2. The number of rotatable bonds is 6. The number of nitrogens with zero attached hydrogens (tertiary/aromatic N) is 2. The van der Waals surface area contributed by atoms with E-state index >= 15 is 0 Å². The van der Waals surface area contributed by atoms with E-state index in [-0.39, 0.29) is 0 Å². The van der Waals surface area contributed by atoms with E-state index in [9.17, 15) is 0 Å². The number of furan rings is 2. The van der Waals surface area contributed by atoms with Gasteiger partial charge in [0.25, 0.3) is 0 Å². The summed E-state index contributed by atoms with van der Waals surface area (Å²) in [5.74, 6) is 0. The van der Waals surface area contributed by atoms with E-state index in [4.69, 9.17) is 8.83 Å². The zero-order valence-electron chi connectivity index (χ0n) is 24.9. The number of hydrogen-bond acceptors (Lipinski definition) is 4. The Hall–Kier alpha value is -6.26. The summed E-state index contributed by atoms with van der Waals surface area (Å²) in [5.41, 5.74) is 9.66. The smallest absolute Gasteiger partial charge is 0.159 e. The Balaban J connectivity index is 1.29. The van der Waals surface area contributed by atoms with Gasteiger partial charge in [0.15, 0.2) is 5.58 Å². The Bertz CT molecular complexity index is 2440. The van der Waals surface area contributed by atoms with Crippen LogP contribution in [0, 0.1) is 0 Å². The third-order valence-electron chi connectivity index (χ3n) is 8.62. The highest BCUT2D eigenvalue weighted by Crippen LogP contribution is 2.47. The van der Waals surface area contributed by atoms with E-state index in [2.05, 4.69) is 161 Å². The summed E-state index contributed by atoms with van der Waals surface area (Å²) in [4.78, 5) is 4.58. The molecular formula is C42H28N2O2. The second-order valence-electron chi connectivity index (χ2n) is 11.4. The largest absolute Gasteiger partial charge is 0.456 e. The molecule has 0 aliphatic carbocycles. The quantitative estimate of drug-likeness (QED) is 0.192. The van der Waals surface area contributed by atoms with Crippen molar-refractivity contribution in [2.75, 3.05) is 9.80 Å². The first-order valence-electron chi connectivity index (χ1n) is 15.4. The molecular weight excluding hydrogens is 564 g/mol. The molecule has 9 rings (SSSR count). The average molecular weight is 593 g/mol. The van der Waals surface area contributed by atoms with Crippen LogP contribution < -0.4 is 9.80 Å². The summed E-state index contributed by atoms with van der Waals surface area (Å²) in [7, 11) is 0. The number of fused-ring (bicyclic) bond motifs is 6. The highest BCUT2D eigenvalue weighted by Gasteiger charge is 2.23. The van der Waals surface area contributed by atoms with Gasteiger partial charge in [0, 0.05) is 38.9 Å². The van der Waals surface area contributed by atoms with Crippen LogP contribution in [-0.2, 0) is 0 Å². The van der Waals surface area contributed by atoms with Gasteiger partial charge in [-0.3, -0.25) is 0 Å². The van der Waals surface area contributed by atoms with Crippen molar-refractivity contribution in [3.63, 3.8) is 0 Å². The molecule has 9 aromatic rings. The van der Waals surface area contributed by atoms with Crippen LogP contribution in [0.2, 0.25) is 0 Å². The van der Waals surface area contributed by atoms with E-state index in [1.54, 1.807) is 0 Å². The molecule has 0 saturated carbocycles. The van der Waals surface area contributed by atoms with Crippen LogP contribution >= 0.6 is 0 Å². The van der Waals surface area contributed by atoms with Crippen molar-refractivity contribution >= 4 is 78.0 Å². The van der Waals surface area contributed by atoms with E-state index in [0.717, 1.165) is 78.0 Å². The predicted octanol–water partition coefficient (Wildman–Crippen LogP) is 12.4. The number of para-hydroxylation sites is 5. The zero-order chi connectivity index (χ0) is 30.5. The van der Waals surface area contributed by atoms with Crippen molar-refractivity contribution in [1.29, 1.82) is 0 Å². The fourth-order valence-electron chi connectivity index (χ4n) is 6.62. The molecule has 7 aromatic carbocycles. The molecule has 4 nitrogen and oxygen atoms in total. The summed E-state index contributed by atoms with van der Waals surface area (Å²) in [6, 6.07) is 58.8. The Morgan fingerprint density at radius 1 is 0.326 bits per heavy atom. The minimum absolute atomic E-state index is 0.826. The molecule has 4 heteroatoms. The second kappa shape index (κ2) is 10.7. The molecule has 0 atom stereocenters. The highest BCUT2D eigenvalue weighted by atomic mass is 16.3. The molecule has 2 heterocycles. The van der Waals surface area contributed by atoms with Gasteiger partial charge in [-0.15, -0.1) is 0 Å². The normalized spacial score (nSPS) is 11.5. The van der Waals surface area contributed by atoms with Crippen molar-refractivity contribution < 1.29 is 8.83 Å². The molecule has 0 aliphatic rings. The van der Waals surface area contributed by atoms with Gasteiger partial charge >= 0.3 is 0 Å². The molecule has 0 unspecified atom stereocenters. The predicted molar refractivity (Wildman–Crippen MR) is 190 cm³/mol. The molecule has 218 valence electrons. The molecule has 2 aromatic heterocycles. The lowest BCUT2D eigenvalue weighted by molar-refractivity contribution is 0.669. The lowest BCUT2D eigenvalue weighted by Crippen LogP contribution is -2.10. The van der Waals surface area contributed by atoms with Gasteiger partial charge in [-0.05, 0) is 78.9 Å². The summed E-state index contributed by atoms with van der Waals surface area (Å²) < 4.78 is 13.0. The fourth-order valence-corrected chi connectivity index (χ4v) is 6.62. The SMILES string of the molecule is c1ccc(N(c2ccc3oc4ccccc4c3c2)c2cccc3c2oc2cccc(N(c4ccccc4)c4ccccc4)c23)cc1. The van der Waals surface area contributed by atoms with Gasteiger partial charge in [0.1, 0.15) is 16.7 Å². The Morgan fingerprint density at radius 2 is 0.848 bits per heavy atom. The Kier molecular flexibility index (Phi) is 6.10. The molecule has 0 N–H and O–H groups in total. The van der Waals surface area contributed by atoms with E-state index < -0.39 is 0 Å². The van der Waals surface area contributed by atoms with Crippen molar-refractivity contribution in [2.45, 2.75) is 0 Å². The third-order valence-corrected chi connectivity index (χ3v) is 8.62. The van der Waals surface area contributed by atoms with Crippen LogP contribution in [0.15, 0.2) is 179 Å². The lowest BCUT2D eigenvalue weighted by Gasteiger charge is -2.26. The van der Waals surface area contributed by atoms with Crippen LogP contribution in [0.3, 0.4) is 0 Å². The summed E-state index contributed by atoms with van der Waals surface area (Å²) in [6.07, 6.45) is 0. The van der Waals surface area contributed by atoms with Gasteiger partial charge in [-0.25, -0.2) is 0 Å². The van der Waals surface area contributed by atoms with E-state index in [1.807, 2.05) is 18.2 Å². The van der Waals surface area contributed by atoms with Crippen molar-refractivity contribution in [1.82, 2.24) is 0 Å². The number of benzene rings is 7. The van der Waals surface area contributed by atoms with E-state index in [0.29, 0.717) is 0 Å². The Morgan fingerprint density at radius 3 is 1.54 bits per heavy atom. The highest BCUT2D eigenvalue weighted by molar-refractivity contribution is 6.17. The summed E-state index contributed by atoms with van der Waals surface area (Å²) >= 11 is 0. The number of anilines is 6. The van der Waals surface area contributed by atoms with Gasteiger partial charge in [-0.1, -0.05) is 91.0 Å². The monoisotopic (exact) mass is 592 g/mol. The average Bonchev–Trinajstić information content (AvgIpc) is 3.69. The molecule has 0 saturated heterocycles. The van der Waals surface area contributed by atoms with Gasteiger partial charge in [0.05, 0.1) is 16.8 Å². The molecule has 0 fully saturated rings. The molecule has 0 aliphatic heterocycles. The van der Waals surface area contributed by atoms with Crippen LogP contribution in [0.4, 0.5) is 34.1 Å². The summed E-state index contributed by atoms with van der Waals surface area (Å²) in [6.45, 7) is 0. The second-order valence-corrected chi connectivity index (χ2v) is 11.4. The third kappa shape index (κ3) is 4.23. The molecule has 46 heavy (non-hydrogen) atoms. The Labute approximate surface area is 265 Å². The molecule has 0 radical (unpaired) electrons. The maximum atomic E-state index is 6.83. The fraction of sp³-hybridized carbons (Fsp3) is 0. The van der Waals surface area contributed by atoms with E-state index in [1.165, 1.54) is 0 Å². The van der Waals surface area contributed by atoms with Gasteiger partial charge in [-0.2, -0.15) is 0 Å². The minimum atomic E-state index is 0.826. The van der Waals surface area contributed by atoms with Crippen LogP contribution in [-0.4, -0.2) is 0 Å². The van der Waals surface area contributed by atoms with Crippen molar-refractivity contribution in [2.24, 2.45) is 0 Å². The summed E-state index contributed by atoms with van der Waals surface area (Å²) in [5, 5.41) is 4.29. The topological polar surface area (TPSA) is 32.8 Å². The molecule has 0 bridgehead atoms. The molecule has 0 spiro atoms. The van der Waals surface area contributed by atoms with Crippen LogP contribution in [0.1, 0.15) is 0 Å². The first-order chi connectivity index (χ1) is 22.8. The number of hydrogen-bond donors (Lipinski definition) is 0. The van der Waals surface area contributed by atoms with Crippen molar-refractivity contribution in [3.05, 3.63) is 170 Å².